The molecule has 6 atom stereocenters. The lowest BCUT2D eigenvalue weighted by Gasteiger charge is -2.38. The van der Waals surface area contributed by atoms with E-state index in [2.05, 4.69) is 0 Å². The summed E-state index contributed by atoms with van der Waals surface area (Å²) in [5.74, 6) is -3.63. The van der Waals surface area contributed by atoms with Gasteiger partial charge in [0.1, 0.15) is 47.2 Å². The van der Waals surface area contributed by atoms with Crippen molar-refractivity contribution in [2.75, 3.05) is 0 Å². The standard InChI is InChI=1S/C21H20O12/c22-9-2-1-7(3-10(9)23)13-6-12(25)15-11(24)4-8(5-14(15)32-13)31-21-18(28)16(26)17(27)19(33-21)20(29)30/h1-5,13,16-19,21-24,26-28H,6H2,(H,29,30)/t13-,16+,17+,18-,19+,21-/m1/s1. The molecular weight excluding hydrogens is 444 g/mol. The minimum Gasteiger partial charge on any atom is -0.507 e. The molecule has 2 heterocycles. The number of ether oxygens (including phenoxy) is 3. The van der Waals surface area contributed by atoms with Gasteiger partial charge < -0.3 is 50.0 Å². The van der Waals surface area contributed by atoms with Crippen LogP contribution >= 0.6 is 0 Å². The van der Waals surface area contributed by atoms with Crippen LogP contribution in [0, 0.1) is 0 Å². The number of carbonyl (C=O) groups excluding carboxylic acids is 1. The van der Waals surface area contributed by atoms with E-state index in [1.54, 1.807) is 0 Å². The van der Waals surface area contributed by atoms with Crippen LogP contribution in [-0.4, -0.2) is 78.2 Å². The Morgan fingerprint density at radius 2 is 1.67 bits per heavy atom. The van der Waals surface area contributed by atoms with Crippen LogP contribution in [0.25, 0.3) is 0 Å². The SMILES string of the molecule is O=C1C[C@H](c2ccc(O)c(O)c2)Oc2cc(O[C@@H]3O[C@H](C(=O)O)[C@@H](O)[C@H](O)[C@H]3O)cc(O)c21. The van der Waals surface area contributed by atoms with E-state index in [0.29, 0.717) is 5.56 Å². The van der Waals surface area contributed by atoms with Crippen molar-refractivity contribution in [3.8, 4) is 28.7 Å². The summed E-state index contributed by atoms with van der Waals surface area (Å²) in [6, 6.07) is 6.12. The fraction of sp³-hybridized carbons (Fsp3) is 0.333. The van der Waals surface area contributed by atoms with Crippen molar-refractivity contribution in [2.45, 2.75) is 43.2 Å². The van der Waals surface area contributed by atoms with Crippen molar-refractivity contribution >= 4 is 11.8 Å². The zero-order valence-electron chi connectivity index (χ0n) is 16.7. The number of carboxylic acids is 1. The van der Waals surface area contributed by atoms with Crippen LogP contribution in [0.3, 0.4) is 0 Å². The Morgan fingerprint density at radius 3 is 2.33 bits per heavy atom. The summed E-state index contributed by atoms with van der Waals surface area (Å²) in [5.41, 5.74) is 0.244. The first-order valence-electron chi connectivity index (χ1n) is 9.74. The van der Waals surface area contributed by atoms with Gasteiger partial charge in [-0.15, -0.1) is 0 Å². The van der Waals surface area contributed by atoms with E-state index in [-0.39, 0.29) is 29.2 Å². The zero-order chi connectivity index (χ0) is 24.0. The van der Waals surface area contributed by atoms with Gasteiger partial charge in [-0.3, -0.25) is 4.79 Å². The number of carbonyl (C=O) groups is 2. The molecule has 1 saturated heterocycles. The first-order valence-corrected chi connectivity index (χ1v) is 9.74. The average Bonchev–Trinajstić information content (AvgIpc) is 2.75. The molecule has 12 nitrogen and oxygen atoms in total. The number of hydrogen-bond acceptors (Lipinski definition) is 11. The second-order valence-electron chi connectivity index (χ2n) is 7.65. The number of phenols is 3. The Kier molecular flexibility index (Phi) is 5.76. The number of fused-ring (bicyclic) bond motifs is 1. The Hall–Kier alpha value is -3.58. The van der Waals surface area contributed by atoms with E-state index in [4.69, 9.17) is 19.3 Å². The molecule has 0 aromatic heterocycles. The molecule has 2 aliphatic heterocycles. The van der Waals surface area contributed by atoms with Crippen LogP contribution < -0.4 is 9.47 Å². The molecule has 0 bridgehead atoms. The topological polar surface area (TPSA) is 203 Å². The van der Waals surface area contributed by atoms with Crippen LogP contribution in [0.5, 0.6) is 28.7 Å². The number of aliphatic hydroxyl groups is 3. The number of aliphatic carboxylic acids is 1. The number of aliphatic hydroxyl groups excluding tert-OH is 3. The summed E-state index contributed by atoms with van der Waals surface area (Å²) in [6.45, 7) is 0. The number of aromatic hydroxyl groups is 3. The minimum atomic E-state index is -1.90. The Balaban J connectivity index is 1.61. The smallest absolute Gasteiger partial charge is 0.335 e. The van der Waals surface area contributed by atoms with Gasteiger partial charge in [0.15, 0.2) is 23.4 Å². The molecule has 2 aromatic carbocycles. The lowest BCUT2D eigenvalue weighted by molar-refractivity contribution is -0.271. The van der Waals surface area contributed by atoms with Crippen LogP contribution in [0.1, 0.15) is 28.4 Å². The molecule has 4 rings (SSSR count). The normalized spacial score (nSPS) is 29.1. The summed E-state index contributed by atoms with van der Waals surface area (Å²) >= 11 is 0. The van der Waals surface area contributed by atoms with E-state index < -0.39 is 60.1 Å². The maximum atomic E-state index is 12.6. The highest BCUT2D eigenvalue weighted by molar-refractivity contribution is 6.02. The number of ketones is 1. The van der Waals surface area contributed by atoms with Gasteiger partial charge in [0, 0.05) is 12.1 Å². The number of benzene rings is 2. The fourth-order valence-corrected chi connectivity index (χ4v) is 3.69. The summed E-state index contributed by atoms with van der Waals surface area (Å²) in [5, 5.41) is 68.5. The highest BCUT2D eigenvalue weighted by Crippen LogP contribution is 2.43. The van der Waals surface area contributed by atoms with Gasteiger partial charge in [0.2, 0.25) is 6.29 Å². The lowest BCUT2D eigenvalue weighted by atomic mass is 9.95. The first kappa shape index (κ1) is 22.6. The highest BCUT2D eigenvalue weighted by atomic mass is 16.7. The molecule has 0 radical (unpaired) electrons. The van der Waals surface area contributed by atoms with Crippen molar-refractivity contribution in [3.63, 3.8) is 0 Å². The Bertz CT molecular complexity index is 1100. The molecular formula is C21H20O12. The summed E-state index contributed by atoms with van der Waals surface area (Å²) < 4.78 is 16.2. The van der Waals surface area contributed by atoms with E-state index in [1.165, 1.54) is 24.3 Å². The molecule has 0 spiro atoms. The number of phenolic OH excluding ortho intramolecular Hbond substituents is 3. The van der Waals surface area contributed by atoms with Crippen LogP contribution in [-0.2, 0) is 9.53 Å². The van der Waals surface area contributed by atoms with Crippen molar-refractivity contribution in [3.05, 3.63) is 41.5 Å². The summed E-state index contributed by atoms with van der Waals surface area (Å²) in [4.78, 5) is 23.9. The second-order valence-corrected chi connectivity index (χ2v) is 7.65. The summed E-state index contributed by atoms with van der Waals surface area (Å²) in [7, 11) is 0. The number of hydrogen-bond donors (Lipinski definition) is 7. The van der Waals surface area contributed by atoms with Gasteiger partial charge in [0.05, 0.1) is 6.42 Å². The van der Waals surface area contributed by atoms with Crippen molar-refractivity contribution in [1.82, 2.24) is 0 Å². The van der Waals surface area contributed by atoms with Crippen LogP contribution in [0.2, 0.25) is 0 Å². The van der Waals surface area contributed by atoms with Gasteiger partial charge >= 0.3 is 5.97 Å². The zero-order valence-corrected chi connectivity index (χ0v) is 16.7. The Morgan fingerprint density at radius 1 is 0.939 bits per heavy atom. The molecule has 0 aliphatic carbocycles. The average molecular weight is 464 g/mol. The number of Topliss-reactive ketones (excluding diaryl/α,β-unsaturated/α-hetero) is 1. The number of carboxylic acid groups (broad SMARTS) is 1. The van der Waals surface area contributed by atoms with Gasteiger partial charge in [0.25, 0.3) is 0 Å². The monoisotopic (exact) mass is 464 g/mol. The fourth-order valence-electron chi connectivity index (χ4n) is 3.69. The van der Waals surface area contributed by atoms with Gasteiger partial charge in [-0.05, 0) is 17.7 Å². The number of rotatable bonds is 4. The Labute approximate surface area is 185 Å². The minimum absolute atomic E-state index is 0.0977. The molecule has 33 heavy (non-hydrogen) atoms. The molecule has 0 amide bonds. The highest BCUT2D eigenvalue weighted by Gasteiger charge is 2.48. The third kappa shape index (κ3) is 4.12. The van der Waals surface area contributed by atoms with Crippen molar-refractivity contribution < 1.29 is 59.5 Å². The molecule has 12 heteroatoms. The van der Waals surface area contributed by atoms with E-state index in [0.717, 1.165) is 6.07 Å². The molecule has 176 valence electrons. The largest absolute Gasteiger partial charge is 0.507 e. The van der Waals surface area contributed by atoms with Crippen LogP contribution in [0.4, 0.5) is 0 Å². The molecule has 0 saturated carbocycles. The third-order valence-electron chi connectivity index (χ3n) is 5.41. The van der Waals surface area contributed by atoms with Gasteiger partial charge in [-0.25, -0.2) is 4.79 Å². The third-order valence-corrected chi connectivity index (χ3v) is 5.41. The van der Waals surface area contributed by atoms with E-state index in [9.17, 15) is 40.2 Å². The second kappa shape index (κ2) is 8.41. The maximum Gasteiger partial charge on any atom is 0.335 e. The maximum absolute atomic E-state index is 12.6. The van der Waals surface area contributed by atoms with Gasteiger partial charge in [-0.1, -0.05) is 6.07 Å². The van der Waals surface area contributed by atoms with Crippen molar-refractivity contribution in [1.29, 1.82) is 0 Å². The molecule has 0 unspecified atom stereocenters. The lowest BCUT2D eigenvalue weighted by Crippen LogP contribution is -2.61. The molecule has 1 fully saturated rings. The van der Waals surface area contributed by atoms with Crippen molar-refractivity contribution in [2.24, 2.45) is 0 Å². The van der Waals surface area contributed by atoms with Crippen LogP contribution in [0.15, 0.2) is 30.3 Å². The summed E-state index contributed by atoms with van der Waals surface area (Å²) in [6.07, 6.45) is -10.3. The van der Waals surface area contributed by atoms with E-state index in [1.807, 2.05) is 0 Å². The molecule has 2 aliphatic rings. The predicted molar refractivity (Wildman–Crippen MR) is 105 cm³/mol. The van der Waals surface area contributed by atoms with Gasteiger partial charge in [-0.2, -0.15) is 0 Å². The van der Waals surface area contributed by atoms with E-state index >= 15 is 0 Å². The quantitative estimate of drug-likeness (QED) is 0.294. The first-order chi connectivity index (χ1) is 15.6. The molecule has 2 aromatic rings. The molecule has 7 N–H and O–H groups in total. The predicted octanol–water partition coefficient (Wildman–Crippen LogP) is -0.219.